The minimum atomic E-state index is -1.43. The molecule has 0 atom stereocenters. The van der Waals surface area contributed by atoms with Crippen molar-refractivity contribution >= 4 is 16.8 Å². The Morgan fingerprint density at radius 3 is 2.10 bits per heavy atom. The third-order valence-corrected chi connectivity index (χ3v) is 5.41. The van der Waals surface area contributed by atoms with Crippen molar-refractivity contribution in [1.82, 2.24) is 9.55 Å². The van der Waals surface area contributed by atoms with Gasteiger partial charge in [0, 0.05) is 13.0 Å². The van der Waals surface area contributed by atoms with E-state index < -0.39 is 12.2 Å². The molecule has 1 aromatic heterocycles. The van der Waals surface area contributed by atoms with Crippen molar-refractivity contribution in [2.45, 2.75) is 25.5 Å². The standard InChI is InChI=1S/C25H24N2O3/c1-2-27-23-16-18(15-21(29)17-28)13-14-22(23)26-24(27)25(30,19-9-5-3-6-10-19)20-11-7-4-8-12-20/h3-14,16,28,30H,2,15,17H2,1H3. The first kappa shape index (κ1) is 20.0. The van der Waals surface area contributed by atoms with Gasteiger partial charge in [-0.1, -0.05) is 66.7 Å². The minimum absolute atomic E-state index is 0.165. The third-order valence-electron chi connectivity index (χ3n) is 5.41. The van der Waals surface area contributed by atoms with Gasteiger partial charge >= 0.3 is 0 Å². The van der Waals surface area contributed by atoms with Crippen molar-refractivity contribution in [2.24, 2.45) is 0 Å². The maximum atomic E-state index is 12.1. The van der Waals surface area contributed by atoms with E-state index >= 15 is 0 Å². The molecule has 5 heteroatoms. The first-order valence-electron chi connectivity index (χ1n) is 10.0. The summed E-state index contributed by atoms with van der Waals surface area (Å²) >= 11 is 0. The molecule has 4 rings (SSSR count). The van der Waals surface area contributed by atoms with Crippen molar-refractivity contribution in [3.05, 3.63) is 101 Å². The van der Waals surface area contributed by atoms with Crippen LogP contribution in [0.25, 0.3) is 11.0 Å². The number of rotatable bonds is 7. The lowest BCUT2D eigenvalue weighted by Crippen LogP contribution is -2.32. The average Bonchev–Trinajstić information content (AvgIpc) is 3.18. The number of aliphatic hydroxyl groups is 2. The number of aryl methyl sites for hydroxylation is 1. The van der Waals surface area contributed by atoms with Crippen LogP contribution in [0.1, 0.15) is 29.4 Å². The predicted molar refractivity (Wildman–Crippen MR) is 116 cm³/mol. The van der Waals surface area contributed by atoms with Crippen LogP contribution in [0.15, 0.2) is 78.9 Å². The highest BCUT2D eigenvalue weighted by atomic mass is 16.3. The lowest BCUT2D eigenvalue weighted by Gasteiger charge is -2.29. The van der Waals surface area contributed by atoms with Crippen LogP contribution in [0.3, 0.4) is 0 Å². The van der Waals surface area contributed by atoms with Gasteiger partial charge in [-0.15, -0.1) is 0 Å². The quantitative estimate of drug-likeness (QED) is 0.498. The second-order valence-electron chi connectivity index (χ2n) is 7.32. The van der Waals surface area contributed by atoms with Crippen molar-refractivity contribution in [2.75, 3.05) is 6.61 Å². The zero-order valence-electron chi connectivity index (χ0n) is 16.8. The molecule has 3 aromatic carbocycles. The average molecular weight is 400 g/mol. The van der Waals surface area contributed by atoms with E-state index in [1.807, 2.05) is 90.4 Å². The zero-order chi connectivity index (χ0) is 21.1. The predicted octanol–water partition coefficient (Wildman–Crippen LogP) is 3.44. The van der Waals surface area contributed by atoms with E-state index in [0.717, 1.165) is 27.7 Å². The van der Waals surface area contributed by atoms with Gasteiger partial charge in [0.15, 0.2) is 17.2 Å². The number of aromatic nitrogens is 2. The molecule has 0 bridgehead atoms. The van der Waals surface area contributed by atoms with E-state index in [9.17, 15) is 9.90 Å². The Bertz CT molecular complexity index is 1130. The van der Waals surface area contributed by atoms with Gasteiger partial charge in [-0.2, -0.15) is 0 Å². The fraction of sp³-hybridized carbons (Fsp3) is 0.200. The van der Waals surface area contributed by atoms with Gasteiger partial charge in [-0.3, -0.25) is 4.79 Å². The van der Waals surface area contributed by atoms with E-state index in [0.29, 0.717) is 12.4 Å². The number of Topliss-reactive ketones (excluding diaryl/α,β-unsaturated/α-hetero) is 1. The van der Waals surface area contributed by atoms with Crippen LogP contribution in [0.2, 0.25) is 0 Å². The summed E-state index contributed by atoms with van der Waals surface area (Å²) in [7, 11) is 0. The highest BCUT2D eigenvalue weighted by Crippen LogP contribution is 2.37. The topological polar surface area (TPSA) is 75.3 Å². The van der Waals surface area contributed by atoms with Gasteiger partial charge in [0.25, 0.3) is 0 Å². The van der Waals surface area contributed by atoms with Crippen molar-refractivity contribution in [3.8, 4) is 0 Å². The molecule has 0 aliphatic heterocycles. The summed E-state index contributed by atoms with van der Waals surface area (Å²) in [5, 5.41) is 21.2. The molecule has 0 unspecified atom stereocenters. The number of benzene rings is 3. The number of hydrogen-bond donors (Lipinski definition) is 2. The number of ketones is 1. The van der Waals surface area contributed by atoms with Gasteiger partial charge in [0.2, 0.25) is 0 Å². The number of hydrogen-bond acceptors (Lipinski definition) is 4. The number of aliphatic hydroxyl groups excluding tert-OH is 1. The molecule has 0 aliphatic rings. The van der Waals surface area contributed by atoms with Crippen molar-refractivity contribution < 1.29 is 15.0 Å². The highest BCUT2D eigenvalue weighted by Gasteiger charge is 2.38. The Hall–Kier alpha value is -3.28. The summed E-state index contributed by atoms with van der Waals surface area (Å²) in [6, 6.07) is 24.7. The summed E-state index contributed by atoms with van der Waals surface area (Å²) < 4.78 is 1.99. The Morgan fingerprint density at radius 1 is 0.967 bits per heavy atom. The highest BCUT2D eigenvalue weighted by molar-refractivity contribution is 5.84. The summed E-state index contributed by atoms with van der Waals surface area (Å²) in [5.74, 6) is 0.297. The first-order valence-corrected chi connectivity index (χ1v) is 10.0. The molecule has 0 saturated carbocycles. The summed E-state index contributed by atoms with van der Waals surface area (Å²) in [6.45, 7) is 2.13. The van der Waals surface area contributed by atoms with E-state index in [4.69, 9.17) is 10.1 Å². The Balaban J connectivity index is 1.95. The Labute approximate surface area is 175 Å². The van der Waals surface area contributed by atoms with Crippen LogP contribution in [-0.4, -0.2) is 32.2 Å². The van der Waals surface area contributed by atoms with E-state index in [1.54, 1.807) is 0 Å². The Kier molecular flexibility index (Phi) is 5.48. The molecular weight excluding hydrogens is 376 g/mol. The molecule has 4 aromatic rings. The maximum Gasteiger partial charge on any atom is 0.173 e. The van der Waals surface area contributed by atoms with Gasteiger partial charge in [0.1, 0.15) is 6.61 Å². The molecule has 0 amide bonds. The number of imidazole rings is 1. The number of carbonyl (C=O) groups is 1. The molecule has 0 saturated heterocycles. The molecule has 0 fully saturated rings. The number of fused-ring (bicyclic) bond motifs is 1. The van der Waals surface area contributed by atoms with E-state index in [2.05, 4.69) is 0 Å². The van der Waals surface area contributed by atoms with Crippen LogP contribution >= 0.6 is 0 Å². The molecule has 2 N–H and O–H groups in total. The molecule has 1 heterocycles. The fourth-order valence-electron chi connectivity index (χ4n) is 3.94. The zero-order valence-corrected chi connectivity index (χ0v) is 16.8. The van der Waals surface area contributed by atoms with Crippen LogP contribution in [0, 0.1) is 0 Å². The lowest BCUT2D eigenvalue weighted by molar-refractivity contribution is -0.121. The monoisotopic (exact) mass is 400 g/mol. The minimum Gasteiger partial charge on any atom is -0.389 e. The smallest absolute Gasteiger partial charge is 0.173 e. The van der Waals surface area contributed by atoms with E-state index in [1.165, 1.54) is 0 Å². The van der Waals surface area contributed by atoms with Crippen molar-refractivity contribution in [3.63, 3.8) is 0 Å². The normalized spacial score (nSPS) is 11.7. The third kappa shape index (κ3) is 3.43. The largest absolute Gasteiger partial charge is 0.389 e. The second-order valence-corrected chi connectivity index (χ2v) is 7.32. The Morgan fingerprint density at radius 2 is 1.57 bits per heavy atom. The van der Waals surface area contributed by atoms with Crippen LogP contribution < -0.4 is 0 Å². The molecular formula is C25H24N2O3. The molecule has 0 aliphatic carbocycles. The van der Waals surface area contributed by atoms with Gasteiger partial charge in [0.05, 0.1) is 11.0 Å². The van der Waals surface area contributed by atoms with Gasteiger partial charge in [-0.05, 0) is 35.7 Å². The van der Waals surface area contributed by atoms with Crippen LogP contribution in [0.4, 0.5) is 0 Å². The number of carbonyl (C=O) groups excluding carboxylic acids is 1. The maximum absolute atomic E-state index is 12.1. The molecule has 152 valence electrons. The fourth-order valence-corrected chi connectivity index (χ4v) is 3.94. The van der Waals surface area contributed by atoms with Gasteiger partial charge < -0.3 is 14.8 Å². The summed E-state index contributed by atoms with van der Waals surface area (Å²) in [6.07, 6.45) is 0.165. The summed E-state index contributed by atoms with van der Waals surface area (Å²) in [4.78, 5) is 16.5. The van der Waals surface area contributed by atoms with Crippen molar-refractivity contribution in [1.29, 1.82) is 0 Å². The van der Waals surface area contributed by atoms with Crippen LogP contribution in [-0.2, 0) is 23.4 Å². The van der Waals surface area contributed by atoms with Crippen LogP contribution in [0.5, 0.6) is 0 Å². The SMILES string of the molecule is CCn1c(C(O)(c2ccccc2)c2ccccc2)nc2ccc(CC(=O)CO)cc21. The van der Waals surface area contributed by atoms with E-state index in [-0.39, 0.29) is 12.2 Å². The lowest BCUT2D eigenvalue weighted by atomic mass is 9.85. The first-order chi connectivity index (χ1) is 14.6. The molecule has 0 spiro atoms. The number of nitrogens with zero attached hydrogens (tertiary/aromatic N) is 2. The molecule has 30 heavy (non-hydrogen) atoms. The summed E-state index contributed by atoms with van der Waals surface area (Å²) in [5.41, 5.74) is 2.44. The molecule has 5 nitrogen and oxygen atoms in total. The molecule has 0 radical (unpaired) electrons. The second kappa shape index (κ2) is 8.22. The van der Waals surface area contributed by atoms with Gasteiger partial charge in [-0.25, -0.2) is 4.98 Å².